The number of Topliss-reactive ketones (excluding diaryl/α,β-unsaturated/α-hetero) is 1. The second kappa shape index (κ2) is 5.58. The highest BCUT2D eigenvalue weighted by molar-refractivity contribution is 6.30. The highest BCUT2D eigenvalue weighted by Crippen LogP contribution is 2.29. The first-order valence-electron chi connectivity index (χ1n) is 6.33. The maximum Gasteiger partial charge on any atom is 0.134 e. The molecule has 0 heterocycles. The van der Waals surface area contributed by atoms with Crippen molar-refractivity contribution in [3.8, 4) is 11.1 Å². The molecule has 2 aromatic rings. The van der Waals surface area contributed by atoms with Crippen LogP contribution in [0.1, 0.15) is 23.6 Å². The molecule has 2 aromatic carbocycles. The van der Waals surface area contributed by atoms with Crippen LogP contribution >= 0.6 is 11.6 Å². The van der Waals surface area contributed by atoms with Crippen LogP contribution in [0.5, 0.6) is 0 Å². The first kappa shape index (κ1) is 13.8. The molecule has 0 saturated heterocycles. The van der Waals surface area contributed by atoms with Crippen LogP contribution in [-0.2, 0) is 11.2 Å². The van der Waals surface area contributed by atoms with Crippen molar-refractivity contribution >= 4 is 17.4 Å². The lowest BCUT2D eigenvalue weighted by molar-refractivity contribution is -0.116. The molecule has 2 heteroatoms. The van der Waals surface area contributed by atoms with Gasteiger partial charge in [-0.15, -0.1) is 0 Å². The van der Waals surface area contributed by atoms with Gasteiger partial charge in [-0.05, 0) is 60.7 Å². The van der Waals surface area contributed by atoms with E-state index in [-0.39, 0.29) is 5.78 Å². The second-order valence-corrected chi connectivity index (χ2v) is 5.36. The van der Waals surface area contributed by atoms with Crippen molar-refractivity contribution in [2.75, 3.05) is 0 Å². The number of carbonyl (C=O) groups excluding carboxylic acids is 1. The minimum Gasteiger partial charge on any atom is -0.300 e. The minimum atomic E-state index is 0.194. The molecule has 0 N–H and O–H groups in total. The van der Waals surface area contributed by atoms with E-state index >= 15 is 0 Å². The van der Waals surface area contributed by atoms with Gasteiger partial charge in [0.2, 0.25) is 0 Å². The number of carbonyl (C=O) groups is 1. The summed E-state index contributed by atoms with van der Waals surface area (Å²) in [5.74, 6) is 0.194. The molecular weight excluding hydrogens is 256 g/mol. The van der Waals surface area contributed by atoms with Crippen LogP contribution in [-0.4, -0.2) is 5.78 Å². The van der Waals surface area contributed by atoms with Gasteiger partial charge in [0.1, 0.15) is 5.78 Å². The third-order valence-electron chi connectivity index (χ3n) is 3.41. The SMILES string of the molecule is CC(=O)Cc1c(C)ccc(-c2ccc(Cl)cc2)c1C. The summed E-state index contributed by atoms with van der Waals surface area (Å²) in [4.78, 5) is 11.4. The van der Waals surface area contributed by atoms with E-state index in [0.29, 0.717) is 6.42 Å². The van der Waals surface area contributed by atoms with Crippen LogP contribution in [0.4, 0.5) is 0 Å². The molecule has 2 rings (SSSR count). The van der Waals surface area contributed by atoms with Crippen LogP contribution in [0, 0.1) is 13.8 Å². The predicted molar refractivity (Wildman–Crippen MR) is 80.7 cm³/mol. The van der Waals surface area contributed by atoms with E-state index in [2.05, 4.69) is 26.0 Å². The van der Waals surface area contributed by atoms with Crippen LogP contribution in [0.25, 0.3) is 11.1 Å². The zero-order chi connectivity index (χ0) is 14.0. The fourth-order valence-corrected chi connectivity index (χ4v) is 2.48. The zero-order valence-electron chi connectivity index (χ0n) is 11.5. The summed E-state index contributed by atoms with van der Waals surface area (Å²) in [6.45, 7) is 5.76. The molecule has 19 heavy (non-hydrogen) atoms. The van der Waals surface area contributed by atoms with Crippen molar-refractivity contribution in [2.45, 2.75) is 27.2 Å². The quantitative estimate of drug-likeness (QED) is 0.788. The number of aryl methyl sites for hydroxylation is 1. The number of benzene rings is 2. The third-order valence-corrected chi connectivity index (χ3v) is 3.67. The van der Waals surface area contributed by atoms with Gasteiger partial charge in [-0.1, -0.05) is 35.9 Å². The molecule has 0 spiro atoms. The molecular formula is C17H17ClO. The smallest absolute Gasteiger partial charge is 0.134 e. The average Bonchev–Trinajstić information content (AvgIpc) is 2.36. The molecule has 98 valence electrons. The molecule has 0 unspecified atom stereocenters. The molecule has 0 aliphatic rings. The summed E-state index contributed by atoms with van der Waals surface area (Å²) >= 11 is 5.92. The lowest BCUT2D eigenvalue weighted by Crippen LogP contribution is -2.02. The Kier molecular flexibility index (Phi) is 4.06. The Hall–Kier alpha value is -1.60. The van der Waals surface area contributed by atoms with Gasteiger partial charge in [-0.3, -0.25) is 4.79 Å². The Morgan fingerprint density at radius 2 is 1.68 bits per heavy atom. The fraction of sp³-hybridized carbons (Fsp3) is 0.235. The molecule has 0 aromatic heterocycles. The highest BCUT2D eigenvalue weighted by Gasteiger charge is 2.10. The largest absolute Gasteiger partial charge is 0.300 e. The van der Waals surface area contributed by atoms with Crippen molar-refractivity contribution in [3.05, 3.63) is 58.1 Å². The van der Waals surface area contributed by atoms with Gasteiger partial charge in [0.25, 0.3) is 0 Å². The summed E-state index contributed by atoms with van der Waals surface area (Å²) in [6, 6.07) is 12.0. The van der Waals surface area contributed by atoms with E-state index < -0.39 is 0 Å². The molecule has 0 fully saturated rings. The number of halogens is 1. The van der Waals surface area contributed by atoms with E-state index in [1.807, 2.05) is 24.3 Å². The molecule has 0 saturated carbocycles. The van der Waals surface area contributed by atoms with Crippen LogP contribution in [0.2, 0.25) is 5.02 Å². The number of hydrogen-bond donors (Lipinski definition) is 0. The summed E-state index contributed by atoms with van der Waals surface area (Å²) in [7, 11) is 0. The minimum absolute atomic E-state index is 0.194. The Morgan fingerprint density at radius 1 is 1.05 bits per heavy atom. The maximum absolute atomic E-state index is 11.4. The summed E-state index contributed by atoms with van der Waals surface area (Å²) in [6.07, 6.45) is 0.499. The van der Waals surface area contributed by atoms with Crippen molar-refractivity contribution < 1.29 is 4.79 Å². The lowest BCUT2D eigenvalue weighted by Gasteiger charge is -2.14. The molecule has 0 radical (unpaired) electrons. The second-order valence-electron chi connectivity index (χ2n) is 4.92. The van der Waals surface area contributed by atoms with E-state index in [1.165, 1.54) is 16.7 Å². The maximum atomic E-state index is 11.4. The summed E-state index contributed by atoms with van der Waals surface area (Å²) in [5.41, 5.74) is 5.79. The molecule has 0 aliphatic heterocycles. The van der Waals surface area contributed by atoms with E-state index in [9.17, 15) is 4.79 Å². The van der Waals surface area contributed by atoms with Gasteiger partial charge in [0, 0.05) is 11.4 Å². The van der Waals surface area contributed by atoms with Crippen molar-refractivity contribution in [2.24, 2.45) is 0 Å². The van der Waals surface area contributed by atoms with Crippen molar-refractivity contribution in [3.63, 3.8) is 0 Å². The van der Waals surface area contributed by atoms with Crippen LogP contribution < -0.4 is 0 Å². The molecule has 0 amide bonds. The molecule has 0 bridgehead atoms. The Labute approximate surface area is 119 Å². The van der Waals surface area contributed by atoms with Gasteiger partial charge in [-0.25, -0.2) is 0 Å². The van der Waals surface area contributed by atoms with Crippen LogP contribution in [0.15, 0.2) is 36.4 Å². The Bertz CT molecular complexity index is 612. The zero-order valence-corrected chi connectivity index (χ0v) is 12.2. The number of rotatable bonds is 3. The topological polar surface area (TPSA) is 17.1 Å². The third kappa shape index (κ3) is 3.05. The normalized spacial score (nSPS) is 10.5. The predicted octanol–water partition coefficient (Wildman–Crippen LogP) is 4.76. The summed E-state index contributed by atoms with van der Waals surface area (Å²) < 4.78 is 0. The number of hydrogen-bond acceptors (Lipinski definition) is 1. The van der Waals surface area contributed by atoms with Gasteiger partial charge < -0.3 is 0 Å². The monoisotopic (exact) mass is 272 g/mol. The standard InChI is InChI=1S/C17H17ClO/c1-11-4-9-16(13(3)17(11)10-12(2)19)14-5-7-15(18)8-6-14/h4-9H,10H2,1-3H3. The average molecular weight is 273 g/mol. The van der Waals surface area contributed by atoms with Gasteiger partial charge in [0.15, 0.2) is 0 Å². The van der Waals surface area contributed by atoms with Crippen molar-refractivity contribution in [1.29, 1.82) is 0 Å². The molecule has 0 aliphatic carbocycles. The van der Waals surface area contributed by atoms with Crippen LogP contribution in [0.3, 0.4) is 0 Å². The highest BCUT2D eigenvalue weighted by atomic mass is 35.5. The molecule has 1 nitrogen and oxygen atoms in total. The van der Waals surface area contributed by atoms with Gasteiger partial charge in [-0.2, -0.15) is 0 Å². The molecule has 0 atom stereocenters. The van der Waals surface area contributed by atoms with Crippen molar-refractivity contribution in [1.82, 2.24) is 0 Å². The Morgan fingerprint density at radius 3 is 2.26 bits per heavy atom. The van der Waals surface area contributed by atoms with Gasteiger partial charge in [0.05, 0.1) is 0 Å². The van der Waals surface area contributed by atoms with Gasteiger partial charge >= 0.3 is 0 Å². The fourth-order valence-electron chi connectivity index (χ4n) is 2.36. The summed E-state index contributed by atoms with van der Waals surface area (Å²) in [5, 5.41) is 0.734. The number of ketones is 1. The van der Waals surface area contributed by atoms with E-state index in [1.54, 1.807) is 6.92 Å². The van der Waals surface area contributed by atoms with E-state index in [4.69, 9.17) is 11.6 Å². The lowest BCUT2D eigenvalue weighted by atomic mass is 9.91. The first-order chi connectivity index (χ1) is 8.99. The van der Waals surface area contributed by atoms with E-state index in [0.717, 1.165) is 16.1 Å². The first-order valence-corrected chi connectivity index (χ1v) is 6.71. The Balaban J connectivity index is 2.53.